The fourth-order valence-electron chi connectivity index (χ4n) is 4.63. The molecular weight excluding hydrogens is 430 g/mol. The Morgan fingerprint density at radius 2 is 1.88 bits per heavy atom. The van der Waals surface area contributed by atoms with Gasteiger partial charge in [0.1, 0.15) is 5.82 Å². The van der Waals surface area contributed by atoms with Crippen molar-refractivity contribution in [3.63, 3.8) is 0 Å². The molecule has 4 aromatic rings. The third-order valence-electron chi connectivity index (χ3n) is 6.49. The van der Waals surface area contributed by atoms with E-state index < -0.39 is 5.97 Å². The highest BCUT2D eigenvalue weighted by atomic mass is 16.4. The maximum Gasteiger partial charge on any atom is 0.371 e. The number of carboxylic acid groups (broad SMARTS) is 1. The second-order valence-electron chi connectivity index (χ2n) is 8.80. The number of nitrogens with zero attached hydrogens (tertiary/aromatic N) is 5. The number of aromatic nitrogens is 5. The standard InChI is InChI=1S/C25H23N7O2/c1-14-20-12-21(17-10-11-17)32(24(20)27-23(26-14)25(33)34)13-15-6-8-16(9-7-15)18-4-2-3-5-19(18)22-28-30-31-29-22/h2-9,12,14,17H,10-11,13H2,1H3,(H,26,27)(H,33,34)(H,28,29,30,31). The minimum absolute atomic E-state index is 0.00452. The molecule has 3 heterocycles. The van der Waals surface area contributed by atoms with E-state index in [-0.39, 0.29) is 11.9 Å². The third kappa shape index (κ3) is 3.55. The van der Waals surface area contributed by atoms with Crippen LogP contribution in [-0.2, 0) is 11.3 Å². The monoisotopic (exact) mass is 453 g/mol. The van der Waals surface area contributed by atoms with Crippen molar-refractivity contribution in [2.24, 2.45) is 4.99 Å². The van der Waals surface area contributed by atoms with E-state index in [2.05, 4.69) is 65.8 Å². The molecule has 2 aromatic heterocycles. The summed E-state index contributed by atoms with van der Waals surface area (Å²) < 4.78 is 2.23. The van der Waals surface area contributed by atoms with Gasteiger partial charge in [0.25, 0.3) is 0 Å². The second kappa shape index (κ2) is 7.95. The van der Waals surface area contributed by atoms with Gasteiger partial charge in [-0.25, -0.2) is 4.79 Å². The van der Waals surface area contributed by atoms with Crippen molar-refractivity contribution in [1.29, 1.82) is 0 Å². The van der Waals surface area contributed by atoms with Crippen LogP contribution in [0.25, 0.3) is 22.5 Å². The van der Waals surface area contributed by atoms with Gasteiger partial charge in [-0.1, -0.05) is 48.5 Å². The Bertz CT molecular complexity index is 1400. The summed E-state index contributed by atoms with van der Waals surface area (Å²) >= 11 is 0. The number of tetrazole rings is 1. The topological polar surface area (TPSA) is 121 Å². The lowest BCUT2D eigenvalue weighted by molar-refractivity contribution is -0.129. The molecule has 0 spiro atoms. The summed E-state index contributed by atoms with van der Waals surface area (Å²) in [5, 5.41) is 27.0. The lowest BCUT2D eigenvalue weighted by atomic mass is 9.98. The van der Waals surface area contributed by atoms with E-state index in [9.17, 15) is 9.90 Å². The molecule has 2 aromatic carbocycles. The van der Waals surface area contributed by atoms with Gasteiger partial charge in [-0.15, -0.1) is 10.2 Å². The van der Waals surface area contributed by atoms with Crippen LogP contribution in [0.2, 0.25) is 0 Å². The molecule has 1 aliphatic carbocycles. The maximum absolute atomic E-state index is 11.6. The van der Waals surface area contributed by atoms with E-state index in [4.69, 9.17) is 0 Å². The normalized spacial score (nSPS) is 17.1. The van der Waals surface area contributed by atoms with E-state index in [0.29, 0.717) is 18.3 Å². The molecule has 9 heteroatoms. The molecule has 3 N–H and O–H groups in total. The largest absolute Gasteiger partial charge is 0.475 e. The Labute approximate surface area is 195 Å². The molecule has 1 saturated carbocycles. The Hall–Kier alpha value is -4.27. The fraction of sp³-hybridized carbons (Fsp3) is 0.240. The van der Waals surface area contributed by atoms with E-state index in [1.165, 1.54) is 5.69 Å². The third-order valence-corrected chi connectivity index (χ3v) is 6.49. The zero-order chi connectivity index (χ0) is 23.2. The van der Waals surface area contributed by atoms with Gasteiger partial charge >= 0.3 is 5.97 Å². The van der Waals surface area contributed by atoms with Crippen LogP contribution in [0.1, 0.15) is 48.5 Å². The van der Waals surface area contributed by atoms with Crippen molar-refractivity contribution in [2.45, 2.75) is 38.3 Å². The molecule has 1 atom stereocenters. The number of aliphatic imine (C=N–C) groups is 1. The number of carbonyl (C=O) groups is 1. The Morgan fingerprint density at radius 3 is 2.56 bits per heavy atom. The van der Waals surface area contributed by atoms with Gasteiger partial charge in [0.05, 0.1) is 6.04 Å². The van der Waals surface area contributed by atoms with Gasteiger partial charge in [-0.2, -0.15) is 5.21 Å². The summed E-state index contributed by atoms with van der Waals surface area (Å²) in [4.78, 5) is 15.9. The number of hydrogen-bond acceptors (Lipinski definition) is 6. The molecule has 1 aliphatic heterocycles. The highest BCUT2D eigenvalue weighted by Crippen LogP contribution is 2.45. The lowest BCUT2D eigenvalue weighted by Crippen LogP contribution is -2.28. The summed E-state index contributed by atoms with van der Waals surface area (Å²) in [6.07, 6.45) is 2.32. The van der Waals surface area contributed by atoms with Crippen molar-refractivity contribution in [1.82, 2.24) is 25.2 Å². The minimum Gasteiger partial charge on any atom is -0.475 e. The predicted octanol–water partition coefficient (Wildman–Crippen LogP) is 4.23. The number of aliphatic carboxylic acids is 1. The van der Waals surface area contributed by atoms with Gasteiger partial charge in [-0.3, -0.25) is 4.99 Å². The van der Waals surface area contributed by atoms with Gasteiger partial charge in [0.15, 0.2) is 0 Å². The zero-order valence-corrected chi connectivity index (χ0v) is 18.6. The molecule has 0 radical (unpaired) electrons. The van der Waals surface area contributed by atoms with Crippen LogP contribution in [0, 0.1) is 0 Å². The summed E-state index contributed by atoms with van der Waals surface area (Å²) in [6, 6.07) is 18.4. The number of hydrogen-bond donors (Lipinski definition) is 3. The molecule has 34 heavy (non-hydrogen) atoms. The maximum atomic E-state index is 11.6. The molecule has 0 bridgehead atoms. The molecule has 0 saturated heterocycles. The SMILES string of the molecule is CC1N=C(C(=O)O)Nc2c1cc(C1CC1)n2Cc1ccc(-c2ccccc2-c2nn[nH]n2)cc1. The van der Waals surface area contributed by atoms with E-state index in [0.717, 1.165) is 46.5 Å². The van der Waals surface area contributed by atoms with Crippen LogP contribution in [0.3, 0.4) is 0 Å². The Kier molecular flexibility index (Phi) is 4.75. The van der Waals surface area contributed by atoms with Gasteiger partial charge in [-0.05, 0) is 53.7 Å². The van der Waals surface area contributed by atoms with Gasteiger partial charge in [0, 0.05) is 23.4 Å². The smallest absolute Gasteiger partial charge is 0.371 e. The first-order valence-electron chi connectivity index (χ1n) is 11.3. The predicted molar refractivity (Wildman–Crippen MR) is 128 cm³/mol. The van der Waals surface area contributed by atoms with Crippen molar-refractivity contribution in [2.75, 3.05) is 5.32 Å². The summed E-state index contributed by atoms with van der Waals surface area (Å²) in [5.41, 5.74) is 6.45. The van der Waals surface area contributed by atoms with Crippen molar-refractivity contribution >= 4 is 17.6 Å². The molecule has 0 amide bonds. The quantitative estimate of drug-likeness (QED) is 0.402. The van der Waals surface area contributed by atoms with Crippen molar-refractivity contribution < 1.29 is 9.90 Å². The highest BCUT2D eigenvalue weighted by molar-refractivity contribution is 6.39. The number of carboxylic acids is 1. The van der Waals surface area contributed by atoms with Crippen molar-refractivity contribution in [3.05, 3.63) is 71.4 Å². The summed E-state index contributed by atoms with van der Waals surface area (Å²) in [5.74, 6) is 0.879. The average molecular weight is 454 g/mol. The van der Waals surface area contributed by atoms with Crippen molar-refractivity contribution in [3.8, 4) is 22.5 Å². The average Bonchev–Trinajstić information content (AvgIpc) is 3.41. The second-order valence-corrected chi connectivity index (χ2v) is 8.80. The molecular formula is C25H23N7O2. The summed E-state index contributed by atoms with van der Waals surface area (Å²) in [7, 11) is 0. The minimum atomic E-state index is -1.04. The zero-order valence-electron chi connectivity index (χ0n) is 18.6. The molecule has 6 rings (SSSR count). The van der Waals surface area contributed by atoms with Crippen LogP contribution < -0.4 is 5.32 Å². The number of amidine groups is 1. The van der Waals surface area contributed by atoms with Crippen LogP contribution in [-0.4, -0.2) is 42.1 Å². The summed E-state index contributed by atoms with van der Waals surface area (Å²) in [6.45, 7) is 2.60. The number of anilines is 1. The van der Waals surface area contributed by atoms with Gasteiger partial charge in [0.2, 0.25) is 11.7 Å². The van der Waals surface area contributed by atoms with E-state index in [1.54, 1.807) is 0 Å². The number of H-pyrrole nitrogens is 1. The number of aromatic amines is 1. The van der Waals surface area contributed by atoms with Crippen LogP contribution >= 0.6 is 0 Å². The first-order valence-corrected chi connectivity index (χ1v) is 11.3. The number of nitrogens with one attached hydrogen (secondary N) is 2. The Morgan fingerprint density at radius 1 is 1.12 bits per heavy atom. The molecule has 2 aliphatic rings. The first kappa shape index (κ1) is 20.3. The van der Waals surface area contributed by atoms with Crippen LogP contribution in [0.4, 0.5) is 5.82 Å². The highest BCUT2D eigenvalue weighted by Gasteiger charge is 2.33. The number of benzene rings is 2. The molecule has 170 valence electrons. The molecule has 1 unspecified atom stereocenters. The van der Waals surface area contributed by atoms with E-state index in [1.807, 2.05) is 31.2 Å². The number of rotatable bonds is 6. The fourth-order valence-corrected chi connectivity index (χ4v) is 4.63. The first-order chi connectivity index (χ1) is 16.6. The van der Waals surface area contributed by atoms with E-state index >= 15 is 0 Å². The number of fused-ring (bicyclic) bond motifs is 1. The van der Waals surface area contributed by atoms with Crippen LogP contribution in [0.15, 0.2) is 59.6 Å². The Balaban J connectivity index is 1.33. The van der Waals surface area contributed by atoms with Crippen LogP contribution in [0.5, 0.6) is 0 Å². The molecule has 1 fully saturated rings. The van der Waals surface area contributed by atoms with Gasteiger partial charge < -0.3 is 15.0 Å². The lowest BCUT2D eigenvalue weighted by Gasteiger charge is -2.21. The molecule has 9 nitrogen and oxygen atoms in total.